The highest BCUT2D eigenvalue weighted by Crippen LogP contribution is 2.38. The van der Waals surface area contributed by atoms with Gasteiger partial charge < -0.3 is 4.74 Å². The quantitative estimate of drug-likeness (QED) is 0.756. The molecule has 1 saturated carbocycles. The van der Waals surface area contributed by atoms with Crippen LogP contribution in [0.4, 0.5) is 8.78 Å². The lowest BCUT2D eigenvalue weighted by Gasteiger charge is -2.32. The van der Waals surface area contributed by atoms with Crippen LogP contribution in [0, 0.1) is 11.8 Å². The van der Waals surface area contributed by atoms with Gasteiger partial charge in [0.2, 0.25) is 6.43 Å². The number of carbonyl (C=O) groups is 1. The third-order valence-electron chi connectivity index (χ3n) is 3.09. The predicted octanol–water partition coefficient (Wildman–Crippen LogP) is 3.02. The smallest absolute Gasteiger partial charge is 0.309 e. The van der Waals surface area contributed by atoms with E-state index in [-0.39, 0.29) is 31.3 Å². The first kappa shape index (κ1) is 12.0. The molecule has 17 heavy (non-hydrogen) atoms. The summed E-state index contributed by atoms with van der Waals surface area (Å²) in [7, 11) is 0. The van der Waals surface area contributed by atoms with Crippen LogP contribution in [-0.2, 0) is 16.1 Å². The second kappa shape index (κ2) is 5.25. The number of hydrogen-bond acceptors (Lipinski definition) is 2. The molecule has 0 aromatic heterocycles. The van der Waals surface area contributed by atoms with Gasteiger partial charge in [0, 0.05) is 5.92 Å². The fraction of sp³-hybridized carbons (Fsp3) is 0.462. The normalized spacial score (nSPS) is 23.2. The summed E-state index contributed by atoms with van der Waals surface area (Å²) >= 11 is 0. The summed E-state index contributed by atoms with van der Waals surface area (Å²) in [5.74, 6) is -1.31. The number of carbonyl (C=O) groups excluding carboxylic acids is 1. The van der Waals surface area contributed by atoms with Crippen molar-refractivity contribution in [3.05, 3.63) is 35.9 Å². The van der Waals surface area contributed by atoms with Gasteiger partial charge in [-0.15, -0.1) is 0 Å². The Hall–Kier alpha value is -1.45. The minimum Gasteiger partial charge on any atom is -0.461 e. The van der Waals surface area contributed by atoms with E-state index in [1.165, 1.54) is 0 Å². The molecular formula is C13H14F2O2. The maximum Gasteiger partial charge on any atom is 0.309 e. The summed E-state index contributed by atoms with van der Waals surface area (Å²) in [4.78, 5) is 11.5. The predicted molar refractivity (Wildman–Crippen MR) is 58.5 cm³/mol. The lowest BCUT2D eigenvalue weighted by atomic mass is 9.75. The summed E-state index contributed by atoms with van der Waals surface area (Å²) in [6.07, 6.45) is -1.80. The van der Waals surface area contributed by atoms with Gasteiger partial charge in [-0.3, -0.25) is 4.79 Å². The molecule has 0 unspecified atom stereocenters. The Morgan fingerprint density at radius 2 is 1.94 bits per heavy atom. The van der Waals surface area contributed by atoms with Crippen LogP contribution in [0.2, 0.25) is 0 Å². The molecule has 1 fully saturated rings. The number of esters is 1. The average Bonchev–Trinajstić information content (AvgIpc) is 2.25. The van der Waals surface area contributed by atoms with Crippen LogP contribution in [0.3, 0.4) is 0 Å². The number of rotatable bonds is 4. The summed E-state index contributed by atoms with van der Waals surface area (Å²) in [5, 5.41) is 0. The monoisotopic (exact) mass is 240 g/mol. The van der Waals surface area contributed by atoms with Crippen molar-refractivity contribution in [1.29, 1.82) is 0 Å². The van der Waals surface area contributed by atoms with Crippen molar-refractivity contribution < 1.29 is 18.3 Å². The lowest BCUT2D eigenvalue weighted by Crippen LogP contribution is -2.35. The van der Waals surface area contributed by atoms with Crippen LogP contribution in [0.15, 0.2) is 30.3 Å². The Kier molecular flexibility index (Phi) is 3.71. The summed E-state index contributed by atoms with van der Waals surface area (Å²) in [5.41, 5.74) is 0.908. The van der Waals surface area contributed by atoms with Gasteiger partial charge in [-0.05, 0) is 18.4 Å². The van der Waals surface area contributed by atoms with E-state index in [0.29, 0.717) is 0 Å². The number of halogens is 2. The van der Waals surface area contributed by atoms with Gasteiger partial charge in [0.05, 0.1) is 5.92 Å². The number of hydrogen-bond donors (Lipinski definition) is 0. The Morgan fingerprint density at radius 1 is 1.29 bits per heavy atom. The molecule has 0 atom stereocenters. The van der Waals surface area contributed by atoms with Crippen molar-refractivity contribution in [2.75, 3.05) is 0 Å². The van der Waals surface area contributed by atoms with Crippen LogP contribution in [0.1, 0.15) is 18.4 Å². The van der Waals surface area contributed by atoms with Crippen molar-refractivity contribution in [3.8, 4) is 0 Å². The molecule has 0 N–H and O–H groups in total. The van der Waals surface area contributed by atoms with Crippen LogP contribution in [0.5, 0.6) is 0 Å². The fourth-order valence-corrected chi connectivity index (χ4v) is 1.91. The van der Waals surface area contributed by atoms with E-state index in [0.717, 1.165) is 5.56 Å². The van der Waals surface area contributed by atoms with Crippen molar-refractivity contribution in [3.63, 3.8) is 0 Å². The van der Waals surface area contributed by atoms with Crippen LogP contribution in [0.25, 0.3) is 0 Å². The van der Waals surface area contributed by atoms with E-state index in [1.54, 1.807) is 0 Å². The zero-order chi connectivity index (χ0) is 12.3. The molecule has 1 aromatic rings. The van der Waals surface area contributed by atoms with E-state index in [4.69, 9.17) is 4.74 Å². The second-order valence-electron chi connectivity index (χ2n) is 4.36. The lowest BCUT2D eigenvalue weighted by molar-refractivity contribution is -0.157. The number of ether oxygens (including phenoxy) is 1. The standard InChI is InChI=1S/C13H14F2O2/c14-12(15)10-6-11(7-10)13(16)17-8-9-4-2-1-3-5-9/h1-5,10-12H,6-8H2. The van der Waals surface area contributed by atoms with Crippen LogP contribution < -0.4 is 0 Å². The molecule has 0 spiro atoms. The van der Waals surface area contributed by atoms with Gasteiger partial charge in [-0.1, -0.05) is 30.3 Å². The molecule has 2 nitrogen and oxygen atoms in total. The molecule has 0 amide bonds. The Bertz CT molecular complexity index is 372. The van der Waals surface area contributed by atoms with E-state index >= 15 is 0 Å². The summed E-state index contributed by atoms with van der Waals surface area (Å²) < 4.78 is 29.5. The highest BCUT2D eigenvalue weighted by atomic mass is 19.3. The highest BCUT2D eigenvalue weighted by Gasteiger charge is 2.40. The zero-order valence-corrected chi connectivity index (χ0v) is 9.31. The van der Waals surface area contributed by atoms with Gasteiger partial charge in [-0.2, -0.15) is 0 Å². The van der Waals surface area contributed by atoms with Gasteiger partial charge in [0.15, 0.2) is 0 Å². The Labute approximate surface area is 98.6 Å². The Morgan fingerprint density at radius 3 is 2.53 bits per heavy atom. The SMILES string of the molecule is O=C(OCc1ccccc1)C1CC(C(F)F)C1. The molecule has 1 aliphatic carbocycles. The third-order valence-corrected chi connectivity index (χ3v) is 3.09. The molecule has 0 heterocycles. The Balaban J connectivity index is 1.73. The molecule has 4 heteroatoms. The zero-order valence-electron chi connectivity index (χ0n) is 9.31. The molecule has 92 valence electrons. The first-order chi connectivity index (χ1) is 8.16. The van der Waals surface area contributed by atoms with Crippen LogP contribution >= 0.6 is 0 Å². The molecule has 0 bridgehead atoms. The van der Waals surface area contributed by atoms with Gasteiger partial charge in [0.1, 0.15) is 6.61 Å². The molecule has 1 aromatic carbocycles. The van der Waals surface area contributed by atoms with E-state index in [2.05, 4.69) is 0 Å². The minimum absolute atomic E-state index is 0.218. The average molecular weight is 240 g/mol. The molecular weight excluding hydrogens is 226 g/mol. The first-order valence-electron chi connectivity index (χ1n) is 5.65. The molecule has 0 saturated heterocycles. The van der Waals surface area contributed by atoms with E-state index < -0.39 is 12.3 Å². The topological polar surface area (TPSA) is 26.3 Å². The third kappa shape index (κ3) is 3.02. The van der Waals surface area contributed by atoms with Crippen molar-refractivity contribution in [2.24, 2.45) is 11.8 Å². The maximum absolute atomic E-state index is 12.2. The summed E-state index contributed by atoms with van der Waals surface area (Å²) in [6.45, 7) is 0.218. The van der Waals surface area contributed by atoms with Gasteiger partial charge in [-0.25, -0.2) is 8.78 Å². The fourth-order valence-electron chi connectivity index (χ4n) is 1.91. The van der Waals surface area contributed by atoms with Crippen molar-refractivity contribution >= 4 is 5.97 Å². The molecule has 0 radical (unpaired) electrons. The first-order valence-corrected chi connectivity index (χ1v) is 5.65. The molecule has 1 aliphatic rings. The molecule has 2 rings (SSSR count). The van der Waals surface area contributed by atoms with E-state index in [9.17, 15) is 13.6 Å². The van der Waals surface area contributed by atoms with Crippen molar-refractivity contribution in [2.45, 2.75) is 25.9 Å². The minimum atomic E-state index is -2.31. The van der Waals surface area contributed by atoms with Crippen LogP contribution in [-0.4, -0.2) is 12.4 Å². The van der Waals surface area contributed by atoms with Gasteiger partial charge >= 0.3 is 5.97 Å². The maximum atomic E-state index is 12.2. The van der Waals surface area contributed by atoms with E-state index in [1.807, 2.05) is 30.3 Å². The van der Waals surface area contributed by atoms with Gasteiger partial charge in [0.25, 0.3) is 0 Å². The van der Waals surface area contributed by atoms with Crippen molar-refractivity contribution in [1.82, 2.24) is 0 Å². The molecule has 0 aliphatic heterocycles. The number of alkyl halides is 2. The number of benzene rings is 1. The largest absolute Gasteiger partial charge is 0.461 e. The highest BCUT2D eigenvalue weighted by molar-refractivity contribution is 5.73. The second-order valence-corrected chi connectivity index (χ2v) is 4.36. The summed E-state index contributed by atoms with van der Waals surface area (Å²) in [6, 6.07) is 9.31.